The molecule has 2 aliphatic rings. The van der Waals surface area contributed by atoms with Gasteiger partial charge in [0.05, 0.1) is 6.04 Å². The molecule has 1 saturated carbocycles. The van der Waals surface area contributed by atoms with E-state index in [4.69, 9.17) is 5.73 Å². The van der Waals surface area contributed by atoms with E-state index < -0.39 is 0 Å². The number of likely N-dealkylation sites (tertiary alicyclic amines) is 1. The van der Waals surface area contributed by atoms with Crippen molar-refractivity contribution in [2.45, 2.75) is 57.9 Å². The van der Waals surface area contributed by atoms with Crippen molar-refractivity contribution >= 4 is 5.96 Å². The molecule has 1 atom stereocenters. The number of hydrogen-bond acceptors (Lipinski definition) is 1. The second-order valence-electron chi connectivity index (χ2n) is 5.31. The number of guanidine groups is 1. The standard InChI is InChI=1S/C13H25N3/c1-2-5-11-8-9-16(10-11)13(14)15-12-6-3-4-7-12/h11-12H,2-10H2,1H3,(H2,14,15). The van der Waals surface area contributed by atoms with Gasteiger partial charge in [0.2, 0.25) is 0 Å². The molecule has 3 heteroatoms. The Balaban J connectivity index is 1.83. The van der Waals surface area contributed by atoms with Crippen molar-refractivity contribution in [2.24, 2.45) is 16.6 Å². The predicted octanol–water partition coefficient (Wildman–Crippen LogP) is 2.37. The molecule has 1 aliphatic heterocycles. The molecule has 2 fully saturated rings. The first-order valence-electron chi connectivity index (χ1n) is 6.87. The minimum absolute atomic E-state index is 0.519. The van der Waals surface area contributed by atoms with E-state index in [1.165, 1.54) is 44.9 Å². The van der Waals surface area contributed by atoms with Crippen LogP contribution in [0.5, 0.6) is 0 Å². The molecule has 0 radical (unpaired) electrons. The molecule has 0 aromatic rings. The van der Waals surface area contributed by atoms with Crippen LogP contribution in [0.15, 0.2) is 4.99 Å². The van der Waals surface area contributed by atoms with E-state index in [1.54, 1.807) is 0 Å². The summed E-state index contributed by atoms with van der Waals surface area (Å²) < 4.78 is 0. The van der Waals surface area contributed by atoms with Gasteiger partial charge in [-0.15, -0.1) is 0 Å². The second-order valence-corrected chi connectivity index (χ2v) is 5.31. The summed E-state index contributed by atoms with van der Waals surface area (Å²) in [5.41, 5.74) is 6.09. The van der Waals surface area contributed by atoms with E-state index in [9.17, 15) is 0 Å². The molecule has 0 amide bonds. The predicted molar refractivity (Wildman–Crippen MR) is 68.5 cm³/mol. The average molecular weight is 223 g/mol. The zero-order valence-electron chi connectivity index (χ0n) is 10.5. The van der Waals surface area contributed by atoms with Gasteiger partial charge >= 0.3 is 0 Å². The van der Waals surface area contributed by atoms with E-state index in [0.29, 0.717) is 6.04 Å². The van der Waals surface area contributed by atoms with Crippen LogP contribution in [0, 0.1) is 5.92 Å². The van der Waals surface area contributed by atoms with Crippen LogP contribution in [-0.4, -0.2) is 30.0 Å². The number of aliphatic imine (C=N–C) groups is 1. The van der Waals surface area contributed by atoms with E-state index >= 15 is 0 Å². The first-order valence-corrected chi connectivity index (χ1v) is 6.87. The SMILES string of the molecule is CCCC1CCN(C(N)=NC2CCCC2)C1. The van der Waals surface area contributed by atoms with Crippen LogP contribution < -0.4 is 5.73 Å². The van der Waals surface area contributed by atoms with E-state index in [0.717, 1.165) is 25.0 Å². The largest absolute Gasteiger partial charge is 0.370 e. The molecular formula is C13H25N3. The van der Waals surface area contributed by atoms with Gasteiger partial charge in [0.15, 0.2) is 5.96 Å². The molecule has 2 N–H and O–H groups in total. The molecule has 0 bridgehead atoms. The molecule has 3 nitrogen and oxygen atoms in total. The van der Waals surface area contributed by atoms with E-state index in [1.807, 2.05) is 0 Å². The van der Waals surface area contributed by atoms with Crippen LogP contribution in [-0.2, 0) is 0 Å². The second kappa shape index (κ2) is 5.55. The maximum Gasteiger partial charge on any atom is 0.191 e. The van der Waals surface area contributed by atoms with Crippen LogP contribution in [0.2, 0.25) is 0 Å². The summed E-state index contributed by atoms with van der Waals surface area (Å²) in [6, 6.07) is 0.519. The van der Waals surface area contributed by atoms with Crippen LogP contribution in [0.3, 0.4) is 0 Å². The molecular weight excluding hydrogens is 198 g/mol. The third-order valence-corrected chi connectivity index (χ3v) is 3.95. The molecule has 2 rings (SSSR count). The first-order chi connectivity index (χ1) is 7.79. The Morgan fingerprint density at radius 1 is 1.31 bits per heavy atom. The fourth-order valence-corrected chi connectivity index (χ4v) is 2.99. The Morgan fingerprint density at radius 3 is 2.75 bits per heavy atom. The molecule has 1 unspecified atom stereocenters. The number of nitrogens with two attached hydrogens (primary N) is 1. The summed E-state index contributed by atoms with van der Waals surface area (Å²) in [6.07, 6.45) is 9.08. The van der Waals surface area contributed by atoms with Crippen molar-refractivity contribution in [3.8, 4) is 0 Å². The topological polar surface area (TPSA) is 41.6 Å². The Morgan fingerprint density at radius 2 is 2.06 bits per heavy atom. The third kappa shape index (κ3) is 2.89. The quantitative estimate of drug-likeness (QED) is 0.589. The summed E-state index contributed by atoms with van der Waals surface area (Å²) in [6.45, 7) is 4.52. The third-order valence-electron chi connectivity index (χ3n) is 3.95. The van der Waals surface area contributed by atoms with Gasteiger partial charge in [0, 0.05) is 13.1 Å². The average Bonchev–Trinajstić information content (AvgIpc) is 2.89. The van der Waals surface area contributed by atoms with Crippen LogP contribution >= 0.6 is 0 Å². The fraction of sp³-hybridized carbons (Fsp3) is 0.923. The van der Waals surface area contributed by atoms with Gasteiger partial charge < -0.3 is 10.6 Å². The summed E-state index contributed by atoms with van der Waals surface area (Å²) in [5, 5.41) is 0. The van der Waals surface area contributed by atoms with Gasteiger partial charge in [-0.3, -0.25) is 0 Å². The zero-order valence-corrected chi connectivity index (χ0v) is 10.5. The summed E-state index contributed by atoms with van der Waals surface area (Å²) in [4.78, 5) is 6.96. The normalized spacial score (nSPS) is 27.9. The van der Waals surface area contributed by atoms with Crippen LogP contribution in [0.4, 0.5) is 0 Å². The van der Waals surface area contributed by atoms with Crippen molar-refractivity contribution in [1.82, 2.24) is 4.90 Å². The summed E-state index contributed by atoms with van der Waals surface area (Å²) in [7, 11) is 0. The Kier molecular flexibility index (Phi) is 4.08. The Hall–Kier alpha value is -0.730. The van der Waals surface area contributed by atoms with Gasteiger partial charge in [-0.1, -0.05) is 26.2 Å². The van der Waals surface area contributed by atoms with Crippen molar-refractivity contribution < 1.29 is 0 Å². The van der Waals surface area contributed by atoms with Gasteiger partial charge in [0.25, 0.3) is 0 Å². The van der Waals surface area contributed by atoms with Crippen molar-refractivity contribution in [3.05, 3.63) is 0 Å². The Labute approximate surface area is 99.1 Å². The highest BCUT2D eigenvalue weighted by molar-refractivity contribution is 5.78. The molecule has 0 aromatic carbocycles. The molecule has 1 saturated heterocycles. The lowest BCUT2D eigenvalue weighted by molar-refractivity contribution is 0.451. The highest BCUT2D eigenvalue weighted by atomic mass is 15.3. The van der Waals surface area contributed by atoms with Crippen molar-refractivity contribution in [2.75, 3.05) is 13.1 Å². The maximum atomic E-state index is 6.09. The molecule has 1 aliphatic carbocycles. The lowest BCUT2D eigenvalue weighted by Gasteiger charge is -2.18. The number of hydrogen-bond donors (Lipinski definition) is 1. The number of rotatable bonds is 3. The van der Waals surface area contributed by atoms with E-state index in [2.05, 4.69) is 16.8 Å². The summed E-state index contributed by atoms with van der Waals surface area (Å²) >= 11 is 0. The molecule has 0 aromatic heterocycles. The monoisotopic (exact) mass is 223 g/mol. The summed E-state index contributed by atoms with van der Waals surface area (Å²) in [5.74, 6) is 1.66. The number of nitrogens with zero attached hydrogens (tertiary/aromatic N) is 2. The highest BCUT2D eigenvalue weighted by Gasteiger charge is 2.24. The van der Waals surface area contributed by atoms with Crippen molar-refractivity contribution in [1.29, 1.82) is 0 Å². The lowest BCUT2D eigenvalue weighted by atomic mass is 10.0. The maximum absolute atomic E-state index is 6.09. The smallest absolute Gasteiger partial charge is 0.191 e. The van der Waals surface area contributed by atoms with Gasteiger partial charge in [-0.05, 0) is 31.6 Å². The van der Waals surface area contributed by atoms with Crippen molar-refractivity contribution in [3.63, 3.8) is 0 Å². The Bertz CT molecular complexity index is 244. The van der Waals surface area contributed by atoms with Crippen LogP contribution in [0.1, 0.15) is 51.9 Å². The first kappa shape index (κ1) is 11.7. The molecule has 92 valence electrons. The van der Waals surface area contributed by atoms with E-state index in [-0.39, 0.29) is 0 Å². The molecule has 16 heavy (non-hydrogen) atoms. The highest BCUT2D eigenvalue weighted by Crippen LogP contribution is 2.23. The fourth-order valence-electron chi connectivity index (χ4n) is 2.99. The van der Waals surface area contributed by atoms with Gasteiger partial charge in [-0.25, -0.2) is 4.99 Å². The van der Waals surface area contributed by atoms with Gasteiger partial charge in [-0.2, -0.15) is 0 Å². The molecule has 1 heterocycles. The minimum atomic E-state index is 0.519. The molecule has 0 spiro atoms. The lowest BCUT2D eigenvalue weighted by Crippen LogP contribution is -2.36. The van der Waals surface area contributed by atoms with Crippen LogP contribution in [0.25, 0.3) is 0 Å². The minimum Gasteiger partial charge on any atom is -0.370 e. The van der Waals surface area contributed by atoms with Gasteiger partial charge in [0.1, 0.15) is 0 Å². The zero-order chi connectivity index (χ0) is 11.4.